The van der Waals surface area contributed by atoms with Crippen LogP contribution in [0.15, 0.2) is 45.1 Å². The van der Waals surface area contributed by atoms with Gasteiger partial charge < -0.3 is 10.3 Å². The quantitative estimate of drug-likeness (QED) is 0.873. The van der Waals surface area contributed by atoms with Crippen LogP contribution < -0.4 is 5.32 Å². The van der Waals surface area contributed by atoms with Crippen LogP contribution in [0.4, 0.5) is 0 Å². The molecule has 3 nitrogen and oxygen atoms in total. The molecule has 18 heavy (non-hydrogen) atoms. The van der Waals surface area contributed by atoms with Gasteiger partial charge in [0, 0.05) is 27.8 Å². The molecule has 2 rings (SSSR count). The molecule has 2 aromatic rings. The second-order valence-electron chi connectivity index (χ2n) is 3.96. The van der Waals surface area contributed by atoms with Crippen LogP contribution in [0.1, 0.15) is 25.5 Å². The van der Waals surface area contributed by atoms with E-state index in [-0.39, 0.29) is 0 Å². The highest BCUT2D eigenvalue weighted by molar-refractivity contribution is 9.10. The van der Waals surface area contributed by atoms with Gasteiger partial charge in [-0.1, -0.05) is 40.7 Å². The summed E-state index contributed by atoms with van der Waals surface area (Å²) in [5.74, 6) is 0. The summed E-state index contributed by atoms with van der Waals surface area (Å²) in [7, 11) is 0. The summed E-state index contributed by atoms with van der Waals surface area (Å²) in [6.45, 7) is 5.26. The second kappa shape index (κ2) is 6.41. The van der Waals surface area contributed by atoms with Crippen molar-refractivity contribution in [2.45, 2.75) is 29.9 Å². The fourth-order valence-corrected chi connectivity index (χ4v) is 3.29. The second-order valence-corrected chi connectivity index (χ2v) is 5.90. The van der Waals surface area contributed by atoms with Gasteiger partial charge in [-0.05, 0) is 31.2 Å². The number of nitrogens with zero attached hydrogens (tertiary/aromatic N) is 1. The molecular formula is C13H16BrN3S. The number of halogens is 1. The van der Waals surface area contributed by atoms with E-state index >= 15 is 0 Å². The molecule has 0 amide bonds. The minimum atomic E-state index is 0.334. The molecule has 0 aliphatic carbocycles. The van der Waals surface area contributed by atoms with Crippen LogP contribution in [0.3, 0.4) is 0 Å². The molecule has 0 spiro atoms. The van der Waals surface area contributed by atoms with E-state index in [0.29, 0.717) is 6.04 Å². The lowest BCUT2D eigenvalue weighted by Gasteiger charge is -2.16. The van der Waals surface area contributed by atoms with Crippen molar-refractivity contribution in [3.63, 3.8) is 0 Å². The van der Waals surface area contributed by atoms with Gasteiger partial charge in [0.15, 0.2) is 5.16 Å². The van der Waals surface area contributed by atoms with Gasteiger partial charge in [0.1, 0.15) is 0 Å². The molecule has 1 unspecified atom stereocenters. The van der Waals surface area contributed by atoms with E-state index in [1.165, 1.54) is 10.5 Å². The van der Waals surface area contributed by atoms with E-state index in [4.69, 9.17) is 0 Å². The highest BCUT2D eigenvalue weighted by atomic mass is 79.9. The summed E-state index contributed by atoms with van der Waals surface area (Å²) < 4.78 is 1.09. The Bertz CT molecular complexity index is 499. The first-order valence-corrected chi connectivity index (χ1v) is 7.51. The Hall–Kier alpha value is -0.780. The lowest BCUT2D eigenvalue weighted by Crippen LogP contribution is -2.18. The number of rotatable bonds is 5. The molecule has 1 aromatic heterocycles. The average Bonchev–Trinajstić information content (AvgIpc) is 2.82. The van der Waals surface area contributed by atoms with Crippen LogP contribution in [0.5, 0.6) is 0 Å². The number of imidazole rings is 1. The van der Waals surface area contributed by atoms with Crippen molar-refractivity contribution in [1.82, 2.24) is 15.3 Å². The normalized spacial score (nSPS) is 12.6. The monoisotopic (exact) mass is 325 g/mol. The predicted octanol–water partition coefficient (Wildman–Crippen LogP) is 3.99. The predicted molar refractivity (Wildman–Crippen MR) is 78.9 cm³/mol. The Morgan fingerprint density at radius 3 is 3.00 bits per heavy atom. The molecular weight excluding hydrogens is 310 g/mol. The van der Waals surface area contributed by atoms with Crippen molar-refractivity contribution in [3.8, 4) is 0 Å². The minimum Gasteiger partial charge on any atom is -0.339 e. The lowest BCUT2D eigenvalue weighted by atomic mass is 10.1. The third-order valence-electron chi connectivity index (χ3n) is 2.63. The van der Waals surface area contributed by atoms with Crippen LogP contribution in [0, 0.1) is 0 Å². The first-order chi connectivity index (χ1) is 8.70. The Morgan fingerprint density at radius 2 is 2.33 bits per heavy atom. The molecule has 1 atom stereocenters. The zero-order valence-corrected chi connectivity index (χ0v) is 12.8. The third-order valence-corrected chi connectivity index (χ3v) is 4.12. The molecule has 0 fully saturated rings. The van der Waals surface area contributed by atoms with E-state index in [9.17, 15) is 0 Å². The van der Waals surface area contributed by atoms with E-state index in [1.54, 1.807) is 18.0 Å². The van der Waals surface area contributed by atoms with E-state index < -0.39 is 0 Å². The van der Waals surface area contributed by atoms with Crippen molar-refractivity contribution >= 4 is 27.7 Å². The largest absolute Gasteiger partial charge is 0.339 e. The van der Waals surface area contributed by atoms with E-state index in [2.05, 4.69) is 63.3 Å². The standard InChI is InChI=1S/C13H16BrN3S/c1-3-15-9(2)11-5-4-10(14)8-12(11)18-13-16-6-7-17-13/h4-9,15H,3H2,1-2H3,(H,16,17). The molecule has 1 aromatic carbocycles. The fraction of sp³-hybridized carbons (Fsp3) is 0.308. The third kappa shape index (κ3) is 3.37. The van der Waals surface area contributed by atoms with Crippen molar-refractivity contribution in [2.75, 3.05) is 6.54 Å². The SMILES string of the molecule is CCNC(C)c1ccc(Br)cc1Sc1ncc[nH]1. The molecule has 96 valence electrons. The summed E-state index contributed by atoms with van der Waals surface area (Å²) in [6.07, 6.45) is 3.61. The van der Waals surface area contributed by atoms with E-state index in [0.717, 1.165) is 16.2 Å². The molecule has 1 heterocycles. The summed E-state index contributed by atoms with van der Waals surface area (Å²) in [5.41, 5.74) is 1.29. The summed E-state index contributed by atoms with van der Waals surface area (Å²) in [5, 5.41) is 4.36. The van der Waals surface area contributed by atoms with Crippen molar-refractivity contribution in [3.05, 3.63) is 40.6 Å². The maximum Gasteiger partial charge on any atom is 0.170 e. The van der Waals surface area contributed by atoms with Crippen molar-refractivity contribution in [2.24, 2.45) is 0 Å². The number of aromatic amines is 1. The maximum atomic E-state index is 4.26. The maximum absolute atomic E-state index is 4.26. The molecule has 0 bridgehead atoms. The van der Waals surface area contributed by atoms with Gasteiger partial charge in [0.05, 0.1) is 0 Å². The van der Waals surface area contributed by atoms with Crippen LogP contribution in [0.25, 0.3) is 0 Å². The molecule has 0 saturated heterocycles. The van der Waals surface area contributed by atoms with Crippen LogP contribution in [-0.2, 0) is 0 Å². The highest BCUT2D eigenvalue weighted by Gasteiger charge is 2.12. The van der Waals surface area contributed by atoms with Gasteiger partial charge in [-0.25, -0.2) is 4.98 Å². The lowest BCUT2D eigenvalue weighted by molar-refractivity contribution is 0.589. The number of nitrogens with one attached hydrogen (secondary N) is 2. The Morgan fingerprint density at radius 1 is 1.50 bits per heavy atom. The molecule has 2 N–H and O–H groups in total. The Kier molecular flexibility index (Phi) is 4.86. The van der Waals surface area contributed by atoms with Gasteiger partial charge in [0.2, 0.25) is 0 Å². The number of hydrogen-bond donors (Lipinski definition) is 2. The average molecular weight is 326 g/mol. The highest BCUT2D eigenvalue weighted by Crippen LogP contribution is 2.33. The number of hydrogen-bond acceptors (Lipinski definition) is 3. The van der Waals surface area contributed by atoms with Gasteiger partial charge in [-0.3, -0.25) is 0 Å². The first kappa shape index (κ1) is 13.6. The van der Waals surface area contributed by atoms with Gasteiger partial charge in [-0.15, -0.1) is 0 Å². The molecule has 5 heteroatoms. The Labute approximate surface area is 120 Å². The number of aromatic nitrogens is 2. The van der Waals surface area contributed by atoms with Crippen molar-refractivity contribution < 1.29 is 0 Å². The Balaban J connectivity index is 2.28. The first-order valence-electron chi connectivity index (χ1n) is 5.90. The van der Waals surface area contributed by atoms with Gasteiger partial charge in [-0.2, -0.15) is 0 Å². The molecule has 0 aliphatic heterocycles. The zero-order valence-electron chi connectivity index (χ0n) is 10.4. The fourth-order valence-electron chi connectivity index (χ4n) is 1.78. The van der Waals surface area contributed by atoms with Gasteiger partial charge >= 0.3 is 0 Å². The van der Waals surface area contributed by atoms with Gasteiger partial charge in [0.25, 0.3) is 0 Å². The summed E-state index contributed by atoms with van der Waals surface area (Å²) in [4.78, 5) is 8.59. The van der Waals surface area contributed by atoms with Crippen LogP contribution in [0.2, 0.25) is 0 Å². The molecule has 0 radical (unpaired) electrons. The van der Waals surface area contributed by atoms with Crippen LogP contribution >= 0.6 is 27.7 Å². The van der Waals surface area contributed by atoms with Crippen molar-refractivity contribution in [1.29, 1.82) is 0 Å². The zero-order chi connectivity index (χ0) is 13.0. The number of H-pyrrole nitrogens is 1. The smallest absolute Gasteiger partial charge is 0.170 e. The molecule has 0 saturated carbocycles. The van der Waals surface area contributed by atoms with E-state index in [1.807, 2.05) is 6.20 Å². The molecule has 0 aliphatic rings. The topological polar surface area (TPSA) is 40.7 Å². The summed E-state index contributed by atoms with van der Waals surface area (Å²) >= 11 is 5.18. The van der Waals surface area contributed by atoms with Crippen LogP contribution in [-0.4, -0.2) is 16.5 Å². The minimum absolute atomic E-state index is 0.334. The summed E-state index contributed by atoms with van der Waals surface area (Å²) in [6, 6.07) is 6.70. The number of benzene rings is 1.